The van der Waals surface area contributed by atoms with E-state index in [9.17, 15) is 8.78 Å². The van der Waals surface area contributed by atoms with Crippen molar-refractivity contribution in [3.05, 3.63) is 41.5 Å². The Kier molecular flexibility index (Phi) is 5.12. The van der Waals surface area contributed by atoms with Gasteiger partial charge in [-0.05, 0) is 38.8 Å². The maximum atomic E-state index is 13.6. The molecule has 0 spiro atoms. The molecule has 20 heavy (non-hydrogen) atoms. The first-order chi connectivity index (χ1) is 9.56. The van der Waals surface area contributed by atoms with Crippen LogP contribution in [0.4, 0.5) is 14.5 Å². The zero-order valence-corrected chi connectivity index (χ0v) is 12.1. The number of nitrogens with one attached hydrogen (secondary N) is 1. The van der Waals surface area contributed by atoms with Crippen LogP contribution in [0.1, 0.15) is 26.7 Å². The van der Waals surface area contributed by atoms with Crippen molar-refractivity contribution >= 4 is 5.69 Å². The Morgan fingerprint density at radius 1 is 1.30 bits per heavy atom. The molecule has 0 radical (unpaired) electrons. The van der Waals surface area contributed by atoms with Crippen LogP contribution in [0.2, 0.25) is 0 Å². The summed E-state index contributed by atoms with van der Waals surface area (Å²) in [6.45, 7) is 7.14. The lowest BCUT2D eigenvalue weighted by Gasteiger charge is -2.32. The molecule has 1 fully saturated rings. The highest BCUT2D eigenvalue weighted by atomic mass is 19.2. The zero-order valence-electron chi connectivity index (χ0n) is 12.1. The van der Waals surface area contributed by atoms with Crippen LogP contribution in [-0.4, -0.2) is 30.6 Å². The topological polar surface area (TPSA) is 15.3 Å². The average Bonchev–Trinajstić information content (AvgIpc) is 2.43. The summed E-state index contributed by atoms with van der Waals surface area (Å²) in [5.74, 6) is -1.57. The van der Waals surface area contributed by atoms with Gasteiger partial charge in [-0.1, -0.05) is 17.7 Å². The van der Waals surface area contributed by atoms with Crippen molar-refractivity contribution in [2.75, 3.05) is 25.0 Å². The Morgan fingerprint density at radius 3 is 2.65 bits per heavy atom. The summed E-state index contributed by atoms with van der Waals surface area (Å²) in [6.07, 6.45) is 4.12. The van der Waals surface area contributed by atoms with Gasteiger partial charge in [0.05, 0.1) is 5.69 Å². The molecule has 0 unspecified atom stereocenters. The van der Waals surface area contributed by atoms with Crippen LogP contribution in [0, 0.1) is 11.6 Å². The second-order valence-electron chi connectivity index (χ2n) is 5.60. The SMILES string of the molecule is CC(C)=CCN1CCC(Nc2cccc(F)c2F)CC1. The van der Waals surface area contributed by atoms with Crippen molar-refractivity contribution in [1.82, 2.24) is 4.90 Å². The van der Waals surface area contributed by atoms with E-state index in [2.05, 4.69) is 30.1 Å². The number of anilines is 1. The van der Waals surface area contributed by atoms with Crippen LogP contribution < -0.4 is 5.32 Å². The molecule has 0 amide bonds. The molecule has 110 valence electrons. The fourth-order valence-electron chi connectivity index (χ4n) is 2.41. The summed E-state index contributed by atoms with van der Waals surface area (Å²) in [5.41, 5.74) is 1.60. The van der Waals surface area contributed by atoms with E-state index in [0.717, 1.165) is 38.5 Å². The largest absolute Gasteiger partial charge is 0.380 e. The quantitative estimate of drug-likeness (QED) is 0.844. The molecule has 2 nitrogen and oxygen atoms in total. The van der Waals surface area contributed by atoms with E-state index in [1.807, 2.05) is 0 Å². The van der Waals surface area contributed by atoms with Crippen LogP contribution in [0.15, 0.2) is 29.8 Å². The Morgan fingerprint density at radius 2 is 2.00 bits per heavy atom. The Bertz CT molecular complexity index is 473. The zero-order chi connectivity index (χ0) is 14.5. The van der Waals surface area contributed by atoms with Crippen LogP contribution in [0.5, 0.6) is 0 Å². The molecule has 1 aliphatic rings. The number of hydrogen-bond donors (Lipinski definition) is 1. The molecule has 1 N–H and O–H groups in total. The fourth-order valence-corrected chi connectivity index (χ4v) is 2.41. The molecule has 1 heterocycles. The number of rotatable bonds is 4. The predicted octanol–water partition coefficient (Wildman–Crippen LogP) is 3.81. The van der Waals surface area contributed by atoms with Crippen molar-refractivity contribution in [2.45, 2.75) is 32.7 Å². The third-order valence-electron chi connectivity index (χ3n) is 3.66. The summed E-state index contributed by atoms with van der Waals surface area (Å²) < 4.78 is 26.7. The molecule has 1 aromatic carbocycles. The monoisotopic (exact) mass is 280 g/mol. The minimum absolute atomic E-state index is 0.217. The minimum atomic E-state index is -0.795. The lowest BCUT2D eigenvalue weighted by atomic mass is 10.0. The van der Waals surface area contributed by atoms with E-state index in [0.29, 0.717) is 0 Å². The number of halogens is 2. The van der Waals surface area contributed by atoms with Gasteiger partial charge in [0.15, 0.2) is 11.6 Å². The summed E-state index contributed by atoms with van der Waals surface area (Å²) in [5, 5.41) is 3.12. The van der Waals surface area contributed by atoms with Crippen molar-refractivity contribution in [1.29, 1.82) is 0 Å². The van der Waals surface area contributed by atoms with Crippen molar-refractivity contribution < 1.29 is 8.78 Å². The molecule has 0 saturated carbocycles. The van der Waals surface area contributed by atoms with E-state index in [4.69, 9.17) is 0 Å². The number of likely N-dealkylation sites (tertiary alicyclic amines) is 1. The highest BCUT2D eigenvalue weighted by Gasteiger charge is 2.19. The molecule has 0 aromatic heterocycles. The second kappa shape index (κ2) is 6.84. The lowest BCUT2D eigenvalue weighted by Crippen LogP contribution is -2.39. The van der Waals surface area contributed by atoms with E-state index in [1.54, 1.807) is 6.07 Å². The molecule has 0 aliphatic carbocycles. The first-order valence-corrected chi connectivity index (χ1v) is 7.12. The van der Waals surface area contributed by atoms with Gasteiger partial charge in [0.2, 0.25) is 0 Å². The number of piperidine rings is 1. The standard InChI is InChI=1S/C16H22F2N2/c1-12(2)6-9-20-10-7-13(8-11-20)19-15-5-3-4-14(17)16(15)18/h3-6,13,19H,7-11H2,1-2H3. The van der Waals surface area contributed by atoms with Gasteiger partial charge in [-0.15, -0.1) is 0 Å². The normalized spacial score (nSPS) is 17.0. The van der Waals surface area contributed by atoms with Gasteiger partial charge >= 0.3 is 0 Å². The van der Waals surface area contributed by atoms with Gasteiger partial charge in [0.1, 0.15) is 0 Å². The minimum Gasteiger partial charge on any atom is -0.380 e. The third-order valence-corrected chi connectivity index (χ3v) is 3.66. The molecule has 1 aliphatic heterocycles. The van der Waals surface area contributed by atoms with Gasteiger partial charge < -0.3 is 5.32 Å². The average molecular weight is 280 g/mol. The highest BCUT2D eigenvalue weighted by Crippen LogP contribution is 2.21. The van der Waals surface area contributed by atoms with E-state index in [1.165, 1.54) is 11.6 Å². The maximum absolute atomic E-state index is 13.6. The molecular formula is C16H22F2N2. The van der Waals surface area contributed by atoms with Gasteiger partial charge in [-0.3, -0.25) is 4.90 Å². The van der Waals surface area contributed by atoms with E-state index >= 15 is 0 Å². The molecule has 2 rings (SSSR count). The van der Waals surface area contributed by atoms with Crippen molar-refractivity contribution in [2.24, 2.45) is 0 Å². The van der Waals surface area contributed by atoms with E-state index < -0.39 is 11.6 Å². The Hall–Kier alpha value is -1.42. The molecule has 1 saturated heterocycles. The Balaban J connectivity index is 1.85. The van der Waals surface area contributed by atoms with Crippen LogP contribution in [0.3, 0.4) is 0 Å². The van der Waals surface area contributed by atoms with Gasteiger partial charge in [0, 0.05) is 25.7 Å². The smallest absolute Gasteiger partial charge is 0.181 e. The molecular weight excluding hydrogens is 258 g/mol. The summed E-state index contributed by atoms with van der Waals surface area (Å²) in [4.78, 5) is 2.38. The highest BCUT2D eigenvalue weighted by molar-refractivity contribution is 5.45. The van der Waals surface area contributed by atoms with Crippen molar-refractivity contribution in [3.8, 4) is 0 Å². The summed E-state index contributed by atoms with van der Waals surface area (Å²) in [6, 6.07) is 4.48. The predicted molar refractivity (Wildman–Crippen MR) is 78.9 cm³/mol. The number of hydrogen-bond acceptors (Lipinski definition) is 2. The summed E-state index contributed by atoms with van der Waals surface area (Å²) >= 11 is 0. The first-order valence-electron chi connectivity index (χ1n) is 7.12. The van der Waals surface area contributed by atoms with Gasteiger partial charge in [0.25, 0.3) is 0 Å². The van der Waals surface area contributed by atoms with Gasteiger partial charge in [-0.25, -0.2) is 8.78 Å². The second-order valence-corrected chi connectivity index (χ2v) is 5.60. The lowest BCUT2D eigenvalue weighted by molar-refractivity contribution is 0.239. The number of benzene rings is 1. The van der Waals surface area contributed by atoms with Gasteiger partial charge in [-0.2, -0.15) is 0 Å². The molecule has 0 bridgehead atoms. The molecule has 0 atom stereocenters. The first kappa shape index (κ1) is 15.0. The summed E-state index contributed by atoms with van der Waals surface area (Å²) in [7, 11) is 0. The Labute approximate surface area is 119 Å². The number of nitrogens with zero attached hydrogens (tertiary/aromatic N) is 1. The number of allylic oxidation sites excluding steroid dienone is 1. The third kappa shape index (κ3) is 4.04. The molecule has 4 heteroatoms. The maximum Gasteiger partial charge on any atom is 0.181 e. The molecule has 1 aromatic rings. The van der Waals surface area contributed by atoms with Crippen molar-refractivity contribution in [3.63, 3.8) is 0 Å². The fraction of sp³-hybridized carbons (Fsp3) is 0.500. The van der Waals surface area contributed by atoms with Crippen LogP contribution >= 0.6 is 0 Å². The van der Waals surface area contributed by atoms with E-state index in [-0.39, 0.29) is 11.7 Å². The van der Waals surface area contributed by atoms with Crippen LogP contribution in [-0.2, 0) is 0 Å². The van der Waals surface area contributed by atoms with Crippen LogP contribution in [0.25, 0.3) is 0 Å².